The van der Waals surface area contributed by atoms with Crippen molar-refractivity contribution in [1.29, 1.82) is 0 Å². The van der Waals surface area contributed by atoms with Gasteiger partial charge in [-0.25, -0.2) is 9.18 Å². The summed E-state index contributed by atoms with van der Waals surface area (Å²) >= 11 is 0. The molecule has 2 fully saturated rings. The van der Waals surface area contributed by atoms with Gasteiger partial charge in [-0.05, 0) is 31.6 Å². The molecule has 2 aliphatic heterocycles. The molecule has 0 spiro atoms. The molecular formula is C12H20FN2O2. The first-order valence-electron chi connectivity index (χ1n) is 6.09. The van der Waals surface area contributed by atoms with Gasteiger partial charge in [0.05, 0.1) is 5.54 Å². The second kappa shape index (κ2) is 4.12. The van der Waals surface area contributed by atoms with Gasteiger partial charge in [-0.2, -0.15) is 0 Å². The van der Waals surface area contributed by atoms with Crippen molar-refractivity contribution < 1.29 is 14.3 Å². The minimum atomic E-state index is -1.26. The predicted molar refractivity (Wildman–Crippen MR) is 62.3 cm³/mol. The van der Waals surface area contributed by atoms with E-state index in [2.05, 4.69) is 0 Å². The van der Waals surface area contributed by atoms with Crippen LogP contribution in [0.2, 0.25) is 0 Å². The Balaban J connectivity index is 2.36. The third kappa shape index (κ3) is 1.80. The molecule has 3 N–H and O–H groups in total. The van der Waals surface area contributed by atoms with E-state index in [9.17, 15) is 14.3 Å². The van der Waals surface area contributed by atoms with E-state index in [1.54, 1.807) is 0 Å². The number of carbonyl (C=O) groups is 1. The van der Waals surface area contributed by atoms with E-state index in [0.717, 1.165) is 12.3 Å². The van der Waals surface area contributed by atoms with Gasteiger partial charge in [-0.1, -0.05) is 13.8 Å². The molecule has 2 heterocycles. The molecule has 5 heteroatoms. The van der Waals surface area contributed by atoms with Gasteiger partial charge < -0.3 is 10.8 Å². The number of rotatable bonds is 2. The maximum absolute atomic E-state index is 14.5. The Morgan fingerprint density at radius 3 is 2.76 bits per heavy atom. The van der Waals surface area contributed by atoms with E-state index in [1.807, 2.05) is 13.8 Å². The molecule has 0 saturated carbocycles. The summed E-state index contributed by atoms with van der Waals surface area (Å²) in [6.07, 6.45) is -0.0315. The standard InChI is InChI=1S/C12H20FN2O2/c1-7(2)6-12-4-3-8(15(12)11(16)17)5-9(14)10(12)13/h8-10H,3-6,14H2,1-2H3,(H,16,17)/t8-,9-,10-,12-/m1/s1. The fourth-order valence-electron chi connectivity index (χ4n) is 3.59. The van der Waals surface area contributed by atoms with Crippen LogP contribution < -0.4 is 5.73 Å². The highest BCUT2D eigenvalue weighted by molar-refractivity contribution is 5.68. The summed E-state index contributed by atoms with van der Waals surface area (Å²) in [6.45, 7) is 3.82. The van der Waals surface area contributed by atoms with Gasteiger partial charge in [-0.3, -0.25) is 4.90 Å². The average Bonchev–Trinajstić information content (AvgIpc) is 2.50. The molecule has 2 aliphatic rings. The smallest absolute Gasteiger partial charge is 0.408 e. The second-order valence-electron chi connectivity index (χ2n) is 5.63. The Morgan fingerprint density at radius 1 is 1.59 bits per heavy atom. The molecule has 0 aromatic rings. The van der Waals surface area contributed by atoms with Crippen molar-refractivity contribution in [3.05, 3.63) is 5.92 Å². The number of nitrogens with two attached hydrogens (primary N) is 1. The molecule has 2 saturated heterocycles. The van der Waals surface area contributed by atoms with Gasteiger partial charge in [0.1, 0.15) is 6.17 Å². The number of halogens is 1. The summed E-state index contributed by atoms with van der Waals surface area (Å²) in [4.78, 5) is 12.7. The maximum atomic E-state index is 14.5. The molecule has 0 aromatic carbocycles. The number of amides is 1. The number of nitrogens with zero attached hydrogens (tertiary/aromatic N) is 1. The highest BCUT2D eigenvalue weighted by atomic mass is 19.1. The topological polar surface area (TPSA) is 66.6 Å². The molecule has 0 aromatic heterocycles. The van der Waals surface area contributed by atoms with Crippen LogP contribution in [0.3, 0.4) is 0 Å². The van der Waals surface area contributed by atoms with Crippen molar-refractivity contribution in [2.75, 3.05) is 0 Å². The lowest BCUT2D eigenvalue weighted by Gasteiger charge is -2.48. The Kier molecular flexibility index (Phi) is 3.06. The Bertz CT molecular complexity index is 324. The van der Waals surface area contributed by atoms with Gasteiger partial charge in [0.15, 0.2) is 0 Å². The summed E-state index contributed by atoms with van der Waals surface area (Å²) in [5.41, 5.74) is 4.91. The van der Waals surface area contributed by atoms with E-state index in [4.69, 9.17) is 5.73 Å². The van der Waals surface area contributed by atoms with E-state index < -0.39 is 23.8 Å². The van der Waals surface area contributed by atoms with Gasteiger partial charge in [0.25, 0.3) is 0 Å². The molecule has 1 radical (unpaired) electrons. The van der Waals surface area contributed by atoms with Crippen molar-refractivity contribution in [1.82, 2.24) is 4.90 Å². The zero-order valence-corrected chi connectivity index (χ0v) is 10.3. The highest BCUT2D eigenvalue weighted by Crippen LogP contribution is 2.48. The van der Waals surface area contributed by atoms with Crippen molar-refractivity contribution in [3.8, 4) is 0 Å². The van der Waals surface area contributed by atoms with Crippen LogP contribution in [0.4, 0.5) is 9.18 Å². The molecule has 4 nitrogen and oxygen atoms in total. The molecule has 1 amide bonds. The van der Waals surface area contributed by atoms with Crippen LogP contribution in [-0.2, 0) is 0 Å². The largest absolute Gasteiger partial charge is 0.465 e. The minimum Gasteiger partial charge on any atom is -0.465 e. The van der Waals surface area contributed by atoms with Crippen LogP contribution in [0.15, 0.2) is 0 Å². The zero-order chi connectivity index (χ0) is 12.8. The van der Waals surface area contributed by atoms with Crippen molar-refractivity contribution in [3.63, 3.8) is 0 Å². The average molecular weight is 243 g/mol. The SMILES string of the molecule is C[C](C)C[C@]12CC[C@H](C[C@@H](N)[C@H]1F)N2C(=O)O. The van der Waals surface area contributed by atoms with E-state index >= 15 is 0 Å². The molecule has 0 unspecified atom stereocenters. The summed E-state index contributed by atoms with van der Waals surface area (Å²) in [5.74, 6) is 1.05. The number of fused-ring (bicyclic) bond motifs is 2. The first-order valence-corrected chi connectivity index (χ1v) is 6.09. The van der Waals surface area contributed by atoms with Crippen molar-refractivity contribution in [2.45, 2.75) is 63.3 Å². The fourth-order valence-corrected chi connectivity index (χ4v) is 3.59. The zero-order valence-electron chi connectivity index (χ0n) is 10.3. The molecule has 0 aliphatic carbocycles. The highest BCUT2D eigenvalue weighted by Gasteiger charge is 2.59. The number of hydrogen-bond donors (Lipinski definition) is 2. The maximum Gasteiger partial charge on any atom is 0.408 e. The third-order valence-electron chi connectivity index (χ3n) is 4.05. The first kappa shape index (κ1) is 12.6. The molecule has 2 rings (SSSR count). The quantitative estimate of drug-likeness (QED) is 0.779. The van der Waals surface area contributed by atoms with Gasteiger partial charge in [0.2, 0.25) is 0 Å². The van der Waals surface area contributed by atoms with E-state index in [-0.39, 0.29) is 6.04 Å². The predicted octanol–water partition coefficient (Wildman–Crippen LogP) is 1.94. The summed E-state index contributed by atoms with van der Waals surface area (Å²) < 4.78 is 14.5. The monoisotopic (exact) mass is 243 g/mol. The number of hydrogen-bond acceptors (Lipinski definition) is 2. The van der Waals surface area contributed by atoms with Gasteiger partial charge >= 0.3 is 6.09 Å². The Hall–Kier alpha value is -0.840. The Labute approximate surface area is 101 Å². The number of carboxylic acid groups (broad SMARTS) is 1. The molecular weight excluding hydrogens is 223 g/mol. The van der Waals surface area contributed by atoms with Crippen LogP contribution >= 0.6 is 0 Å². The molecule has 4 atom stereocenters. The lowest BCUT2D eigenvalue weighted by molar-refractivity contribution is -0.0172. The van der Waals surface area contributed by atoms with Crippen LogP contribution in [-0.4, -0.2) is 39.9 Å². The van der Waals surface area contributed by atoms with Crippen LogP contribution in [0.1, 0.15) is 39.5 Å². The number of alkyl halides is 1. The first-order chi connectivity index (χ1) is 7.88. The molecule has 2 bridgehead atoms. The second-order valence-corrected chi connectivity index (χ2v) is 5.63. The van der Waals surface area contributed by atoms with Gasteiger partial charge in [-0.15, -0.1) is 0 Å². The molecule has 97 valence electrons. The normalized spacial score (nSPS) is 41.0. The van der Waals surface area contributed by atoms with Gasteiger partial charge in [0, 0.05) is 12.1 Å². The summed E-state index contributed by atoms with van der Waals surface area (Å²) in [6, 6.07) is -0.633. The summed E-state index contributed by atoms with van der Waals surface area (Å²) in [5, 5.41) is 9.31. The van der Waals surface area contributed by atoms with Crippen molar-refractivity contribution in [2.24, 2.45) is 5.73 Å². The van der Waals surface area contributed by atoms with Crippen LogP contribution in [0, 0.1) is 5.92 Å². The van der Waals surface area contributed by atoms with E-state index in [0.29, 0.717) is 19.3 Å². The molecule has 17 heavy (non-hydrogen) atoms. The number of piperidine rings is 1. The fraction of sp³-hybridized carbons (Fsp3) is 0.833. The third-order valence-corrected chi connectivity index (χ3v) is 4.05. The summed E-state index contributed by atoms with van der Waals surface area (Å²) in [7, 11) is 0. The lowest BCUT2D eigenvalue weighted by atomic mass is 9.78. The van der Waals surface area contributed by atoms with E-state index in [1.165, 1.54) is 4.90 Å². The Morgan fingerprint density at radius 2 is 2.24 bits per heavy atom. The van der Waals surface area contributed by atoms with Crippen molar-refractivity contribution >= 4 is 6.09 Å². The lowest BCUT2D eigenvalue weighted by Crippen LogP contribution is -2.65. The van der Waals surface area contributed by atoms with Crippen LogP contribution in [0.5, 0.6) is 0 Å². The van der Waals surface area contributed by atoms with Crippen LogP contribution in [0.25, 0.3) is 0 Å². The minimum absolute atomic E-state index is 0.103.